The van der Waals surface area contributed by atoms with Crippen molar-refractivity contribution < 1.29 is 4.79 Å². The molecular formula is C12H18ClN5OS. The summed E-state index contributed by atoms with van der Waals surface area (Å²) in [6.07, 6.45) is 3.62. The highest BCUT2D eigenvalue weighted by Crippen LogP contribution is 2.22. The molecule has 0 aromatic carbocycles. The van der Waals surface area contributed by atoms with Crippen LogP contribution in [0.5, 0.6) is 0 Å². The molecule has 6 nitrogen and oxygen atoms in total. The predicted molar refractivity (Wildman–Crippen MR) is 82.4 cm³/mol. The summed E-state index contributed by atoms with van der Waals surface area (Å²) in [5.74, 6) is -0.145. The molecule has 0 aliphatic carbocycles. The smallest absolute Gasteiger partial charge is 0.270 e. The van der Waals surface area contributed by atoms with E-state index in [1.54, 1.807) is 16.3 Å². The van der Waals surface area contributed by atoms with Gasteiger partial charge in [0.1, 0.15) is 10.7 Å². The third-order valence-electron chi connectivity index (χ3n) is 2.75. The normalized spacial score (nSPS) is 11.8. The minimum atomic E-state index is -0.145. The summed E-state index contributed by atoms with van der Waals surface area (Å²) in [6.45, 7) is 2.58. The molecule has 2 N–H and O–H groups in total. The fourth-order valence-corrected chi connectivity index (χ4v) is 2.26. The van der Waals surface area contributed by atoms with E-state index in [1.165, 1.54) is 11.3 Å². The van der Waals surface area contributed by atoms with E-state index in [0.29, 0.717) is 12.2 Å². The van der Waals surface area contributed by atoms with Crippen molar-refractivity contribution in [2.45, 2.75) is 13.0 Å². The van der Waals surface area contributed by atoms with Crippen LogP contribution >= 0.6 is 23.7 Å². The first-order valence-corrected chi connectivity index (χ1v) is 6.88. The predicted octanol–water partition coefficient (Wildman–Crippen LogP) is 1.30. The van der Waals surface area contributed by atoms with Gasteiger partial charge in [-0.1, -0.05) is 0 Å². The topological polar surface area (TPSA) is 71.8 Å². The molecule has 8 heteroatoms. The van der Waals surface area contributed by atoms with Crippen LogP contribution < -0.4 is 10.6 Å². The molecule has 2 heterocycles. The van der Waals surface area contributed by atoms with Crippen molar-refractivity contribution in [3.63, 3.8) is 0 Å². The molecule has 0 fully saturated rings. The first-order chi connectivity index (χ1) is 9.10. The van der Waals surface area contributed by atoms with Crippen molar-refractivity contribution in [1.82, 2.24) is 25.4 Å². The first kappa shape index (κ1) is 16.6. The van der Waals surface area contributed by atoms with Crippen molar-refractivity contribution >= 4 is 29.7 Å². The van der Waals surface area contributed by atoms with Crippen molar-refractivity contribution in [1.29, 1.82) is 0 Å². The van der Waals surface area contributed by atoms with Gasteiger partial charge < -0.3 is 10.6 Å². The average Bonchev–Trinajstić information content (AvgIpc) is 3.03. The molecule has 1 unspecified atom stereocenters. The largest absolute Gasteiger partial charge is 0.349 e. The molecule has 2 aromatic rings. The van der Waals surface area contributed by atoms with Crippen molar-refractivity contribution in [2.24, 2.45) is 7.05 Å². The highest BCUT2D eigenvalue weighted by molar-refractivity contribution is 7.13. The Morgan fingerprint density at radius 2 is 2.30 bits per heavy atom. The lowest BCUT2D eigenvalue weighted by Crippen LogP contribution is -2.37. The van der Waals surface area contributed by atoms with Crippen LogP contribution in [0.15, 0.2) is 17.8 Å². The Morgan fingerprint density at radius 3 is 2.90 bits per heavy atom. The van der Waals surface area contributed by atoms with Crippen molar-refractivity contribution in [3.8, 4) is 10.6 Å². The fourth-order valence-electron chi connectivity index (χ4n) is 1.48. The number of aromatic nitrogens is 3. The minimum Gasteiger partial charge on any atom is -0.349 e. The van der Waals surface area contributed by atoms with E-state index in [1.807, 2.05) is 27.2 Å². The summed E-state index contributed by atoms with van der Waals surface area (Å²) in [7, 11) is 3.71. The van der Waals surface area contributed by atoms with Crippen LogP contribution in [0.25, 0.3) is 10.6 Å². The van der Waals surface area contributed by atoms with Gasteiger partial charge in [0.05, 0.1) is 6.20 Å². The maximum Gasteiger partial charge on any atom is 0.270 e. The second-order valence-corrected chi connectivity index (χ2v) is 5.20. The molecule has 1 atom stereocenters. The van der Waals surface area contributed by atoms with E-state index in [9.17, 15) is 4.79 Å². The molecule has 2 aromatic heterocycles. The van der Waals surface area contributed by atoms with Crippen LogP contribution in [0.4, 0.5) is 0 Å². The van der Waals surface area contributed by atoms with Crippen LogP contribution in [0.3, 0.4) is 0 Å². The van der Waals surface area contributed by atoms with Crippen LogP contribution in [0.1, 0.15) is 17.4 Å². The van der Waals surface area contributed by atoms with Crippen LogP contribution in [0.2, 0.25) is 0 Å². The van der Waals surface area contributed by atoms with Gasteiger partial charge in [0.15, 0.2) is 0 Å². The Hall–Kier alpha value is -1.44. The number of hydrogen-bond acceptors (Lipinski definition) is 5. The lowest BCUT2D eigenvalue weighted by molar-refractivity contribution is 0.0946. The highest BCUT2D eigenvalue weighted by atomic mass is 35.5. The van der Waals surface area contributed by atoms with E-state index in [4.69, 9.17) is 0 Å². The van der Waals surface area contributed by atoms with Crippen LogP contribution in [-0.4, -0.2) is 40.3 Å². The lowest BCUT2D eigenvalue weighted by atomic mass is 10.3. The van der Waals surface area contributed by atoms with E-state index in [0.717, 1.165) is 10.6 Å². The molecule has 0 radical (unpaired) electrons. The van der Waals surface area contributed by atoms with E-state index >= 15 is 0 Å². The van der Waals surface area contributed by atoms with Gasteiger partial charge in [0.2, 0.25) is 0 Å². The van der Waals surface area contributed by atoms with Crippen molar-refractivity contribution in [3.05, 3.63) is 23.5 Å². The van der Waals surface area contributed by atoms with Gasteiger partial charge in [-0.15, -0.1) is 23.7 Å². The molecule has 0 saturated heterocycles. The van der Waals surface area contributed by atoms with Crippen LogP contribution in [-0.2, 0) is 7.05 Å². The molecule has 110 valence electrons. The van der Waals surface area contributed by atoms with Gasteiger partial charge >= 0.3 is 0 Å². The number of carbonyl (C=O) groups is 1. The van der Waals surface area contributed by atoms with Gasteiger partial charge in [-0.05, 0) is 14.0 Å². The molecule has 1 amide bonds. The molecule has 0 aliphatic heterocycles. The summed E-state index contributed by atoms with van der Waals surface area (Å²) < 4.78 is 1.71. The Labute approximate surface area is 128 Å². The number of carbonyl (C=O) groups excluding carboxylic acids is 1. The van der Waals surface area contributed by atoms with Gasteiger partial charge in [0, 0.05) is 36.8 Å². The molecule has 0 saturated carbocycles. The third kappa shape index (κ3) is 4.03. The number of rotatable bonds is 5. The summed E-state index contributed by atoms with van der Waals surface area (Å²) >= 11 is 1.44. The van der Waals surface area contributed by atoms with Crippen molar-refractivity contribution in [2.75, 3.05) is 13.6 Å². The summed E-state index contributed by atoms with van der Waals surface area (Å²) in [4.78, 5) is 16.2. The molecule has 0 spiro atoms. The zero-order valence-corrected chi connectivity index (χ0v) is 13.2. The molecule has 20 heavy (non-hydrogen) atoms. The fraction of sp³-hybridized carbons (Fsp3) is 0.417. The quantitative estimate of drug-likeness (QED) is 0.872. The van der Waals surface area contributed by atoms with Gasteiger partial charge in [-0.2, -0.15) is 5.10 Å². The second-order valence-electron chi connectivity index (χ2n) is 4.34. The average molecular weight is 316 g/mol. The summed E-state index contributed by atoms with van der Waals surface area (Å²) in [6, 6.07) is 0.236. The Kier molecular flexibility index (Phi) is 6.12. The molecule has 2 rings (SSSR count). The molecule has 0 aliphatic rings. The molecule has 0 bridgehead atoms. The second kappa shape index (κ2) is 7.37. The number of halogens is 1. The SMILES string of the molecule is CNC(C)CNC(=O)c1csc(-c2cnn(C)c2)n1.Cl. The minimum absolute atomic E-state index is 0. The first-order valence-electron chi connectivity index (χ1n) is 6.00. The number of nitrogens with one attached hydrogen (secondary N) is 2. The van der Waals surface area contributed by atoms with Gasteiger partial charge in [0.25, 0.3) is 5.91 Å². The van der Waals surface area contributed by atoms with Gasteiger partial charge in [-0.3, -0.25) is 9.48 Å². The van der Waals surface area contributed by atoms with E-state index < -0.39 is 0 Å². The zero-order chi connectivity index (χ0) is 13.8. The number of likely N-dealkylation sites (N-methyl/N-ethyl adjacent to an activating group) is 1. The van der Waals surface area contributed by atoms with E-state index in [-0.39, 0.29) is 24.4 Å². The standard InChI is InChI=1S/C12H17N5OS.ClH/c1-8(13-2)4-14-11(18)10-7-19-12(16-10)9-5-15-17(3)6-9;/h5-8,13H,4H2,1-3H3,(H,14,18);1H. The van der Waals surface area contributed by atoms with Crippen LogP contribution in [0, 0.1) is 0 Å². The number of nitrogens with zero attached hydrogens (tertiary/aromatic N) is 3. The summed E-state index contributed by atoms with van der Waals surface area (Å²) in [5, 5.41) is 12.6. The van der Waals surface area contributed by atoms with E-state index in [2.05, 4.69) is 20.7 Å². The number of amides is 1. The Morgan fingerprint density at radius 1 is 1.55 bits per heavy atom. The third-order valence-corrected chi connectivity index (χ3v) is 3.64. The maximum absolute atomic E-state index is 11.9. The summed E-state index contributed by atoms with van der Waals surface area (Å²) in [5.41, 5.74) is 1.38. The number of hydrogen-bond donors (Lipinski definition) is 2. The molecular weight excluding hydrogens is 298 g/mol. The zero-order valence-electron chi connectivity index (χ0n) is 11.6. The monoisotopic (exact) mass is 315 g/mol. The Bertz CT molecular complexity index is 568. The maximum atomic E-state index is 11.9. The highest BCUT2D eigenvalue weighted by Gasteiger charge is 2.13. The van der Waals surface area contributed by atoms with Gasteiger partial charge in [-0.25, -0.2) is 4.98 Å². The lowest BCUT2D eigenvalue weighted by Gasteiger charge is -2.10. The number of thiazole rings is 1. The Balaban J connectivity index is 0.00000200. The number of aryl methyl sites for hydroxylation is 1.